The molecule has 0 aliphatic carbocycles. The van der Waals surface area contributed by atoms with Crippen molar-refractivity contribution in [1.82, 2.24) is 9.88 Å². The number of fused-ring (bicyclic) bond motifs is 1. The molecule has 0 N–H and O–H groups in total. The van der Waals surface area contributed by atoms with Crippen LogP contribution >= 0.6 is 11.6 Å². The maximum absolute atomic E-state index is 13.6. The van der Waals surface area contributed by atoms with Gasteiger partial charge in [-0.25, -0.2) is 4.98 Å². The first kappa shape index (κ1) is 20.5. The van der Waals surface area contributed by atoms with E-state index in [2.05, 4.69) is 42.2 Å². The van der Waals surface area contributed by atoms with E-state index in [1.165, 1.54) is 5.56 Å². The van der Waals surface area contributed by atoms with Crippen LogP contribution in [0.5, 0.6) is 0 Å². The highest BCUT2D eigenvalue weighted by molar-refractivity contribution is 6.30. The zero-order valence-corrected chi connectivity index (χ0v) is 18.7. The highest BCUT2D eigenvalue weighted by Crippen LogP contribution is 2.27. The van der Waals surface area contributed by atoms with Crippen LogP contribution in [0.15, 0.2) is 78.9 Å². The Hall–Kier alpha value is -3.37. The molecule has 5 rings (SSSR count). The molecular weight excluding hydrogens is 418 g/mol. The molecule has 1 aliphatic rings. The summed E-state index contributed by atoms with van der Waals surface area (Å²) in [5, 5.41) is 1.62. The van der Waals surface area contributed by atoms with Crippen molar-refractivity contribution in [2.75, 3.05) is 31.1 Å². The normalized spacial score (nSPS) is 14.1. The maximum atomic E-state index is 13.6. The Morgan fingerprint density at radius 1 is 0.875 bits per heavy atom. The van der Waals surface area contributed by atoms with Crippen molar-refractivity contribution in [3.63, 3.8) is 0 Å². The number of para-hydroxylation sites is 1. The third-order valence-electron chi connectivity index (χ3n) is 6.03. The Kier molecular flexibility index (Phi) is 5.54. The maximum Gasteiger partial charge on any atom is 0.254 e. The molecule has 2 heterocycles. The number of aromatic nitrogens is 1. The van der Waals surface area contributed by atoms with Gasteiger partial charge in [-0.05, 0) is 37.3 Å². The first-order valence-corrected chi connectivity index (χ1v) is 11.2. The van der Waals surface area contributed by atoms with Crippen LogP contribution in [0, 0.1) is 6.92 Å². The molecule has 0 atom stereocenters. The zero-order chi connectivity index (χ0) is 22.1. The Morgan fingerprint density at radius 3 is 2.38 bits per heavy atom. The predicted molar refractivity (Wildman–Crippen MR) is 131 cm³/mol. The first-order chi connectivity index (χ1) is 15.6. The largest absolute Gasteiger partial charge is 0.368 e. The Balaban J connectivity index is 1.44. The molecule has 4 aromatic rings. The summed E-state index contributed by atoms with van der Waals surface area (Å²) in [6.45, 7) is 4.96. The molecule has 0 unspecified atom stereocenters. The lowest BCUT2D eigenvalue weighted by atomic mass is 10.0. The smallest absolute Gasteiger partial charge is 0.254 e. The van der Waals surface area contributed by atoms with Crippen molar-refractivity contribution < 1.29 is 4.79 Å². The van der Waals surface area contributed by atoms with Crippen LogP contribution in [-0.4, -0.2) is 42.0 Å². The van der Waals surface area contributed by atoms with Gasteiger partial charge in [0.25, 0.3) is 5.91 Å². The Labute approximate surface area is 193 Å². The number of aryl methyl sites for hydroxylation is 1. The molecule has 4 nitrogen and oxygen atoms in total. The summed E-state index contributed by atoms with van der Waals surface area (Å²) in [4.78, 5) is 22.7. The zero-order valence-electron chi connectivity index (χ0n) is 18.0. The summed E-state index contributed by atoms with van der Waals surface area (Å²) in [6, 6.07) is 26.0. The average Bonchev–Trinajstić information content (AvgIpc) is 2.83. The van der Waals surface area contributed by atoms with Crippen molar-refractivity contribution in [3.05, 3.63) is 95.0 Å². The van der Waals surface area contributed by atoms with Gasteiger partial charge in [-0.3, -0.25) is 4.79 Å². The molecule has 0 saturated carbocycles. The SMILES string of the molecule is Cc1ccc(-c2cc(C(=O)N3CCN(c4cccc(Cl)c4)CC3)c3ccccc3n2)cc1. The second-order valence-electron chi connectivity index (χ2n) is 8.20. The van der Waals surface area contributed by atoms with E-state index in [-0.39, 0.29) is 5.91 Å². The third kappa shape index (κ3) is 4.06. The fourth-order valence-electron chi connectivity index (χ4n) is 4.24. The van der Waals surface area contributed by atoms with E-state index in [1.54, 1.807) is 0 Å². The molecule has 160 valence electrons. The van der Waals surface area contributed by atoms with E-state index in [0.717, 1.165) is 46.0 Å². The van der Waals surface area contributed by atoms with Gasteiger partial charge in [0.1, 0.15) is 0 Å². The lowest BCUT2D eigenvalue weighted by molar-refractivity contribution is 0.0748. The van der Waals surface area contributed by atoms with Crippen LogP contribution in [-0.2, 0) is 0 Å². The number of benzene rings is 3. The minimum absolute atomic E-state index is 0.0581. The topological polar surface area (TPSA) is 36.4 Å². The molecule has 0 spiro atoms. The molecule has 1 saturated heterocycles. The number of hydrogen-bond donors (Lipinski definition) is 0. The lowest BCUT2D eigenvalue weighted by Gasteiger charge is -2.36. The van der Waals surface area contributed by atoms with Crippen LogP contribution in [0.4, 0.5) is 5.69 Å². The highest BCUT2D eigenvalue weighted by atomic mass is 35.5. The monoisotopic (exact) mass is 441 g/mol. The summed E-state index contributed by atoms with van der Waals surface area (Å²) < 4.78 is 0. The number of rotatable bonds is 3. The van der Waals surface area contributed by atoms with Gasteiger partial charge in [0, 0.05) is 47.8 Å². The summed E-state index contributed by atoms with van der Waals surface area (Å²) >= 11 is 6.16. The quantitative estimate of drug-likeness (QED) is 0.401. The summed E-state index contributed by atoms with van der Waals surface area (Å²) in [7, 11) is 0. The van der Waals surface area contributed by atoms with Crippen LogP contribution in [0.25, 0.3) is 22.2 Å². The van der Waals surface area contributed by atoms with Crippen LogP contribution < -0.4 is 4.90 Å². The third-order valence-corrected chi connectivity index (χ3v) is 6.27. The van der Waals surface area contributed by atoms with Crippen molar-refractivity contribution in [2.45, 2.75) is 6.92 Å². The minimum Gasteiger partial charge on any atom is -0.368 e. The van der Waals surface area contributed by atoms with Crippen LogP contribution in [0.2, 0.25) is 5.02 Å². The number of amides is 1. The molecule has 1 amide bonds. The van der Waals surface area contributed by atoms with Crippen molar-refractivity contribution in [3.8, 4) is 11.3 Å². The fraction of sp³-hybridized carbons (Fsp3) is 0.185. The lowest BCUT2D eigenvalue weighted by Crippen LogP contribution is -2.48. The number of nitrogens with zero attached hydrogens (tertiary/aromatic N) is 3. The number of piperazine rings is 1. The predicted octanol–water partition coefficient (Wildman–Crippen LogP) is 5.83. The molecule has 5 heteroatoms. The Bertz CT molecular complexity index is 1280. The molecule has 1 aromatic heterocycles. The standard InChI is InChI=1S/C27H24ClN3O/c1-19-9-11-20(12-10-19)26-18-24(23-7-2-3-8-25(23)29-26)27(32)31-15-13-30(14-16-31)22-6-4-5-21(28)17-22/h2-12,17-18H,13-16H2,1H3. The second-order valence-corrected chi connectivity index (χ2v) is 8.63. The van der Waals surface area contributed by atoms with Crippen LogP contribution in [0.1, 0.15) is 15.9 Å². The van der Waals surface area contributed by atoms with Gasteiger partial charge in [-0.15, -0.1) is 0 Å². The van der Waals surface area contributed by atoms with Crippen molar-refractivity contribution in [2.24, 2.45) is 0 Å². The van der Waals surface area contributed by atoms with Gasteiger partial charge in [0.05, 0.1) is 16.8 Å². The fourth-order valence-corrected chi connectivity index (χ4v) is 4.42. The van der Waals surface area contributed by atoms with Gasteiger partial charge < -0.3 is 9.80 Å². The molecule has 1 fully saturated rings. The van der Waals surface area contributed by atoms with E-state index in [1.807, 2.05) is 53.4 Å². The summed E-state index contributed by atoms with van der Waals surface area (Å²) in [5.41, 5.74) is 5.68. The molecule has 0 bridgehead atoms. The highest BCUT2D eigenvalue weighted by Gasteiger charge is 2.24. The molecule has 0 radical (unpaired) electrons. The molecule has 32 heavy (non-hydrogen) atoms. The number of hydrogen-bond acceptors (Lipinski definition) is 3. The average molecular weight is 442 g/mol. The summed E-state index contributed by atoms with van der Waals surface area (Å²) in [6.07, 6.45) is 0. The number of anilines is 1. The molecule has 3 aromatic carbocycles. The van der Waals surface area contributed by atoms with E-state index in [0.29, 0.717) is 18.7 Å². The van der Waals surface area contributed by atoms with E-state index in [4.69, 9.17) is 16.6 Å². The second kappa shape index (κ2) is 8.64. The van der Waals surface area contributed by atoms with Crippen molar-refractivity contribution in [1.29, 1.82) is 0 Å². The summed E-state index contributed by atoms with van der Waals surface area (Å²) in [5.74, 6) is 0.0581. The van der Waals surface area contributed by atoms with Crippen LogP contribution in [0.3, 0.4) is 0 Å². The minimum atomic E-state index is 0.0581. The van der Waals surface area contributed by atoms with E-state index in [9.17, 15) is 4.79 Å². The number of carbonyl (C=O) groups is 1. The number of carbonyl (C=O) groups excluding carboxylic acids is 1. The van der Waals surface area contributed by atoms with E-state index < -0.39 is 0 Å². The Morgan fingerprint density at radius 2 is 1.62 bits per heavy atom. The number of pyridine rings is 1. The molecule has 1 aliphatic heterocycles. The molecular formula is C27H24ClN3O. The van der Waals surface area contributed by atoms with Gasteiger partial charge in [0.15, 0.2) is 0 Å². The number of halogens is 1. The van der Waals surface area contributed by atoms with Gasteiger partial charge >= 0.3 is 0 Å². The van der Waals surface area contributed by atoms with E-state index >= 15 is 0 Å². The van der Waals surface area contributed by atoms with Gasteiger partial charge in [0.2, 0.25) is 0 Å². The van der Waals surface area contributed by atoms with Gasteiger partial charge in [-0.1, -0.05) is 65.7 Å². The van der Waals surface area contributed by atoms with Crippen molar-refractivity contribution >= 4 is 34.1 Å². The van der Waals surface area contributed by atoms with Gasteiger partial charge in [-0.2, -0.15) is 0 Å². The first-order valence-electron chi connectivity index (χ1n) is 10.8.